The molecule has 10 heteroatoms. The molecule has 3 amide bonds. The number of hydrogen-bond donors (Lipinski definition) is 2. The summed E-state index contributed by atoms with van der Waals surface area (Å²) in [7, 11) is 0. The molecule has 2 aromatic rings. The summed E-state index contributed by atoms with van der Waals surface area (Å²) in [6.07, 6.45) is 6.89. The lowest BCUT2D eigenvalue weighted by atomic mass is 9.49. The minimum atomic E-state index is -0.760. The average molecular weight is 808 g/mol. The third kappa shape index (κ3) is 7.45. The fraction of sp³-hybridized carbons (Fsp3) is 0.636. The average Bonchev–Trinajstić information content (AvgIpc) is 3.03. The van der Waals surface area contributed by atoms with Crippen LogP contribution in [0.15, 0.2) is 34.8 Å². The lowest BCUT2D eigenvalue weighted by Gasteiger charge is -2.56. The summed E-state index contributed by atoms with van der Waals surface area (Å²) >= 11 is 3.67. The van der Waals surface area contributed by atoms with Crippen molar-refractivity contribution in [3.63, 3.8) is 0 Å². The Bertz CT molecular complexity index is 1860. The van der Waals surface area contributed by atoms with Gasteiger partial charge in [0.1, 0.15) is 17.0 Å². The van der Waals surface area contributed by atoms with Crippen LogP contribution in [0.25, 0.3) is 0 Å². The molecule has 9 nitrogen and oxygen atoms in total. The Balaban J connectivity index is 1.23. The van der Waals surface area contributed by atoms with E-state index in [-0.39, 0.29) is 34.5 Å². The third-order valence-corrected chi connectivity index (χ3v) is 13.9. The number of ether oxygens (including phenoxy) is 3. The maximum absolute atomic E-state index is 14.6. The van der Waals surface area contributed by atoms with Crippen LogP contribution in [0.2, 0.25) is 0 Å². The summed E-state index contributed by atoms with van der Waals surface area (Å²) in [5.74, 6) is 0.0544. The zero-order valence-corrected chi connectivity index (χ0v) is 35.4. The number of fused-ring (bicyclic) bond motifs is 6. The van der Waals surface area contributed by atoms with Gasteiger partial charge in [0.2, 0.25) is 11.8 Å². The fourth-order valence-electron chi connectivity index (χ4n) is 10.8. The summed E-state index contributed by atoms with van der Waals surface area (Å²) in [4.78, 5) is 54.6. The molecule has 0 saturated heterocycles. The first-order valence-electron chi connectivity index (χ1n) is 19.7. The number of nitrogens with one attached hydrogen (secondary N) is 2. The van der Waals surface area contributed by atoms with E-state index in [1.807, 2.05) is 45.9 Å². The number of aryl methyl sites for hydroxylation is 2. The van der Waals surface area contributed by atoms with Gasteiger partial charge in [-0.1, -0.05) is 46.6 Å². The first-order chi connectivity index (χ1) is 25.0. The molecular weight excluding hydrogens is 748 g/mol. The van der Waals surface area contributed by atoms with Crippen LogP contribution in [0, 0.1) is 22.7 Å². The van der Waals surface area contributed by atoms with E-state index >= 15 is 0 Å². The summed E-state index contributed by atoms with van der Waals surface area (Å²) in [6.45, 7) is 19.5. The monoisotopic (exact) mass is 806 g/mol. The highest BCUT2D eigenvalue weighted by Crippen LogP contribution is 2.60. The molecule has 2 fully saturated rings. The van der Waals surface area contributed by atoms with Crippen LogP contribution in [0.4, 0.5) is 15.3 Å². The molecule has 2 aromatic carbocycles. The minimum Gasteiger partial charge on any atom is -0.444 e. The summed E-state index contributed by atoms with van der Waals surface area (Å²) in [5.41, 5.74) is 1.82. The maximum atomic E-state index is 14.6. The number of imide groups is 1. The van der Waals surface area contributed by atoms with Gasteiger partial charge in [-0.3, -0.25) is 20.2 Å². The van der Waals surface area contributed by atoms with Crippen molar-refractivity contribution < 1.29 is 33.4 Å². The topological polar surface area (TPSA) is 120 Å². The first-order valence-corrected chi connectivity index (χ1v) is 20.5. The predicted octanol–water partition coefficient (Wildman–Crippen LogP) is 10.5. The van der Waals surface area contributed by atoms with Crippen LogP contribution in [-0.2, 0) is 42.7 Å². The molecule has 2 N–H and O–H groups in total. The molecule has 0 unspecified atom stereocenters. The van der Waals surface area contributed by atoms with Gasteiger partial charge in [-0.2, -0.15) is 0 Å². The Hall–Kier alpha value is -3.40. The molecule has 294 valence electrons. The molecule has 0 spiro atoms. The van der Waals surface area contributed by atoms with Crippen molar-refractivity contribution in [3.8, 4) is 5.75 Å². The van der Waals surface area contributed by atoms with Crippen LogP contribution in [-0.4, -0.2) is 35.3 Å². The molecule has 0 heterocycles. The van der Waals surface area contributed by atoms with Crippen molar-refractivity contribution in [3.05, 3.63) is 57.1 Å². The second-order valence-corrected chi connectivity index (χ2v) is 20.2. The summed E-state index contributed by atoms with van der Waals surface area (Å²) in [6, 6.07) is 9.95. The summed E-state index contributed by atoms with van der Waals surface area (Å²) < 4.78 is 17.4. The zero-order valence-electron chi connectivity index (χ0n) is 33.8. The Morgan fingerprint density at radius 1 is 0.704 bits per heavy atom. The molecule has 6 rings (SSSR count). The molecule has 2 saturated carbocycles. The molecule has 0 radical (unpaired) electrons. The largest absolute Gasteiger partial charge is 0.514 e. The molecule has 0 aromatic heterocycles. The normalized spacial score (nSPS) is 30.4. The van der Waals surface area contributed by atoms with Gasteiger partial charge in [-0.15, -0.1) is 0 Å². The number of hydrogen-bond acceptors (Lipinski definition) is 7. The van der Waals surface area contributed by atoms with Gasteiger partial charge in [0.05, 0.1) is 16.5 Å². The predicted molar refractivity (Wildman–Crippen MR) is 213 cm³/mol. The highest BCUT2D eigenvalue weighted by Gasteiger charge is 2.58. The zero-order chi connectivity index (χ0) is 39.6. The number of halogens is 1. The Morgan fingerprint density at radius 2 is 1.22 bits per heavy atom. The second kappa shape index (κ2) is 14.0. The van der Waals surface area contributed by atoms with Gasteiger partial charge in [0.15, 0.2) is 0 Å². The van der Waals surface area contributed by atoms with Crippen LogP contribution >= 0.6 is 15.9 Å². The third-order valence-electron chi connectivity index (χ3n) is 13.3. The second-order valence-electron chi connectivity index (χ2n) is 19.3. The van der Waals surface area contributed by atoms with E-state index in [1.165, 1.54) is 11.1 Å². The molecule has 0 bridgehead atoms. The Labute approximate surface area is 329 Å². The van der Waals surface area contributed by atoms with Crippen LogP contribution in [0.3, 0.4) is 0 Å². The molecule has 4 aliphatic carbocycles. The Morgan fingerprint density at radius 3 is 1.76 bits per heavy atom. The van der Waals surface area contributed by atoms with E-state index in [9.17, 15) is 19.2 Å². The molecular formula is C44H59BrN2O7. The van der Waals surface area contributed by atoms with E-state index in [4.69, 9.17) is 14.2 Å². The van der Waals surface area contributed by atoms with Crippen molar-refractivity contribution in [1.82, 2.24) is 5.32 Å². The van der Waals surface area contributed by atoms with Gasteiger partial charge in [-0.05, 0) is 178 Å². The highest BCUT2D eigenvalue weighted by molar-refractivity contribution is 9.10. The first kappa shape index (κ1) is 40.3. The van der Waals surface area contributed by atoms with Crippen LogP contribution in [0.1, 0.15) is 143 Å². The molecule has 54 heavy (non-hydrogen) atoms. The van der Waals surface area contributed by atoms with Gasteiger partial charge >= 0.3 is 12.2 Å². The van der Waals surface area contributed by atoms with Crippen molar-refractivity contribution >= 4 is 45.7 Å². The van der Waals surface area contributed by atoms with Crippen molar-refractivity contribution in [2.24, 2.45) is 22.7 Å². The van der Waals surface area contributed by atoms with E-state index in [1.54, 1.807) is 20.8 Å². The smallest absolute Gasteiger partial charge is 0.444 e. The van der Waals surface area contributed by atoms with E-state index in [0.717, 1.165) is 67.0 Å². The van der Waals surface area contributed by atoms with Crippen molar-refractivity contribution in [1.29, 1.82) is 0 Å². The van der Waals surface area contributed by atoms with Crippen LogP contribution < -0.4 is 15.4 Å². The van der Waals surface area contributed by atoms with Crippen LogP contribution in [0.5, 0.6) is 5.75 Å². The van der Waals surface area contributed by atoms with Crippen molar-refractivity contribution in [2.75, 3.05) is 5.32 Å². The quantitative estimate of drug-likeness (QED) is 0.179. The summed E-state index contributed by atoms with van der Waals surface area (Å²) in [5, 5.41) is 5.96. The Kier molecular flexibility index (Phi) is 10.4. The highest BCUT2D eigenvalue weighted by atomic mass is 79.9. The maximum Gasteiger partial charge on any atom is 0.514 e. The standard InChI is InChI=1S/C44H59BrN2O7/c1-39(2,3)53-37(50)46-32-25-30-27(23-31(32)45)15-18-34-42(30,8)20-12-22-44(34,10)36(49)47-35(48)43(9)21-11-19-41(7)29-24-28(52-38(51)54-40(4,5)6)16-13-26(29)14-17-33(41)43/h13,16,23-25,33-34H,11-12,14-15,17-22H2,1-10H3,(H,46,50)(H,47,48,49)/t33-,34-,41-,42-,43+,44+/m1/s1. The van der Waals surface area contributed by atoms with Gasteiger partial charge in [0.25, 0.3) is 0 Å². The number of carbonyl (C=O) groups is 4. The SMILES string of the molecule is CC(C)(C)OC(=O)Nc1cc2c(cc1Br)CC[C@H]1[C@@](C)(C(=O)NC(=O)[C@@]3(C)CCC[C@]4(C)c5cc(OC(=O)OC(C)(C)C)ccc5CC[C@@H]34)CCC[C@]21C. The van der Waals surface area contributed by atoms with E-state index in [0.29, 0.717) is 24.3 Å². The number of rotatable bonds is 4. The van der Waals surface area contributed by atoms with E-state index < -0.39 is 34.3 Å². The van der Waals surface area contributed by atoms with Gasteiger partial charge in [0, 0.05) is 4.47 Å². The van der Waals surface area contributed by atoms with Gasteiger partial charge in [-0.25, -0.2) is 9.59 Å². The number of anilines is 1. The fourth-order valence-corrected chi connectivity index (χ4v) is 11.3. The number of amides is 3. The number of benzene rings is 2. The van der Waals surface area contributed by atoms with Gasteiger partial charge < -0.3 is 14.2 Å². The minimum absolute atomic E-state index is 0.00356. The molecule has 0 aliphatic heterocycles. The van der Waals surface area contributed by atoms with Crippen molar-refractivity contribution in [2.45, 2.75) is 155 Å². The van der Waals surface area contributed by atoms with E-state index in [2.05, 4.69) is 59.5 Å². The molecule has 4 aliphatic rings. The lowest BCUT2D eigenvalue weighted by molar-refractivity contribution is -0.150. The lowest BCUT2D eigenvalue weighted by Crippen LogP contribution is -2.60. The molecule has 6 atom stereocenters. The number of carbonyl (C=O) groups excluding carboxylic acids is 4.